The zero-order valence-corrected chi connectivity index (χ0v) is 25.7. The van der Waals surface area contributed by atoms with Gasteiger partial charge in [-0.05, 0) is 90.8 Å². The van der Waals surface area contributed by atoms with Crippen molar-refractivity contribution in [3.05, 3.63) is 168 Å². The van der Waals surface area contributed by atoms with E-state index in [1.54, 1.807) is 0 Å². The third-order valence-electron chi connectivity index (χ3n) is 10.4. The number of allylic oxidation sites excluding steroid dienone is 10. The number of hydrogen-bond acceptors (Lipinski definition) is 1. The second-order valence-electron chi connectivity index (χ2n) is 13.0. The highest BCUT2D eigenvalue weighted by molar-refractivity contribution is 6.15. The molecule has 1 aromatic heterocycles. The van der Waals surface area contributed by atoms with Crippen molar-refractivity contribution in [2.75, 3.05) is 4.90 Å². The summed E-state index contributed by atoms with van der Waals surface area (Å²) in [7, 11) is 0. The van der Waals surface area contributed by atoms with Crippen molar-refractivity contribution in [2.24, 2.45) is 0 Å². The van der Waals surface area contributed by atoms with Gasteiger partial charge in [0, 0.05) is 28.1 Å². The molecule has 2 atom stereocenters. The van der Waals surface area contributed by atoms with Crippen LogP contribution in [0.1, 0.15) is 49.7 Å². The van der Waals surface area contributed by atoms with Gasteiger partial charge in [-0.25, -0.2) is 0 Å². The van der Waals surface area contributed by atoms with E-state index in [4.69, 9.17) is 0 Å². The molecule has 45 heavy (non-hydrogen) atoms. The average molecular weight is 581 g/mol. The molecule has 4 aromatic carbocycles. The number of para-hydroxylation sites is 2. The van der Waals surface area contributed by atoms with Crippen LogP contribution in [0.4, 0.5) is 11.4 Å². The zero-order valence-electron chi connectivity index (χ0n) is 25.7. The molecule has 2 heteroatoms. The summed E-state index contributed by atoms with van der Waals surface area (Å²) in [5.41, 5.74) is 13.2. The van der Waals surface area contributed by atoms with Gasteiger partial charge in [0.2, 0.25) is 0 Å². The zero-order chi connectivity index (χ0) is 30.0. The van der Waals surface area contributed by atoms with Gasteiger partial charge >= 0.3 is 0 Å². The highest BCUT2D eigenvalue weighted by Crippen LogP contribution is 2.57. The molecule has 2 heterocycles. The lowest BCUT2D eigenvalue weighted by atomic mass is 9.80. The molecule has 0 N–H and O–H groups in total. The molecule has 0 saturated heterocycles. The third kappa shape index (κ3) is 4.02. The number of aromatic nitrogens is 1. The van der Waals surface area contributed by atoms with Gasteiger partial charge in [0.15, 0.2) is 0 Å². The summed E-state index contributed by atoms with van der Waals surface area (Å²) in [5, 5.41) is 2.58. The molecule has 218 valence electrons. The van der Waals surface area contributed by atoms with Crippen molar-refractivity contribution < 1.29 is 0 Å². The van der Waals surface area contributed by atoms with Gasteiger partial charge in [-0.15, -0.1) is 0 Å². The van der Waals surface area contributed by atoms with E-state index in [0.717, 1.165) is 25.7 Å². The Hall–Kier alpha value is -5.08. The van der Waals surface area contributed by atoms with Gasteiger partial charge in [-0.2, -0.15) is 0 Å². The quantitative estimate of drug-likeness (QED) is 0.205. The second-order valence-corrected chi connectivity index (χ2v) is 13.0. The predicted molar refractivity (Wildman–Crippen MR) is 191 cm³/mol. The summed E-state index contributed by atoms with van der Waals surface area (Å²) >= 11 is 0. The first-order chi connectivity index (χ1) is 22.2. The van der Waals surface area contributed by atoms with Crippen molar-refractivity contribution >= 4 is 38.8 Å². The summed E-state index contributed by atoms with van der Waals surface area (Å²) in [5.74, 6) is 0.255. The first-order valence-electron chi connectivity index (χ1n) is 16.3. The van der Waals surface area contributed by atoms with Crippen LogP contribution in [0.2, 0.25) is 0 Å². The molecular weight excluding hydrogens is 544 g/mol. The number of nitrogens with zero attached hydrogens (tertiary/aromatic N) is 2. The van der Waals surface area contributed by atoms with E-state index in [1.165, 1.54) is 66.7 Å². The molecule has 0 amide bonds. The van der Waals surface area contributed by atoms with Crippen LogP contribution in [0.3, 0.4) is 0 Å². The summed E-state index contributed by atoms with van der Waals surface area (Å²) in [6.07, 6.45) is 25.3. The average Bonchev–Trinajstić information content (AvgIpc) is 3.58. The molecule has 2 unspecified atom stereocenters. The summed E-state index contributed by atoms with van der Waals surface area (Å²) < 4.78 is 2.49. The lowest BCUT2D eigenvalue weighted by molar-refractivity contribution is 0.542. The Kier molecular flexibility index (Phi) is 5.99. The maximum absolute atomic E-state index is 2.64. The van der Waals surface area contributed by atoms with Crippen LogP contribution in [-0.4, -0.2) is 10.1 Å². The van der Waals surface area contributed by atoms with Crippen molar-refractivity contribution in [1.82, 2.24) is 4.57 Å². The number of benzene rings is 4. The Labute approximate surface area is 265 Å². The number of fused-ring (bicyclic) bond motifs is 7. The van der Waals surface area contributed by atoms with Gasteiger partial charge in [-0.3, -0.25) is 0 Å². The predicted octanol–water partition coefficient (Wildman–Crippen LogP) is 11.3. The molecule has 5 aromatic rings. The maximum Gasteiger partial charge on any atom is 0.0782 e. The molecule has 4 aliphatic rings. The fourth-order valence-electron chi connectivity index (χ4n) is 8.25. The van der Waals surface area contributed by atoms with E-state index in [0.29, 0.717) is 0 Å². The van der Waals surface area contributed by atoms with Crippen LogP contribution in [0.5, 0.6) is 0 Å². The van der Waals surface area contributed by atoms with Crippen LogP contribution in [0.25, 0.3) is 33.1 Å². The van der Waals surface area contributed by atoms with Crippen LogP contribution < -0.4 is 4.90 Å². The minimum Gasteiger partial charge on any atom is -0.329 e. The lowest BCUT2D eigenvalue weighted by Gasteiger charge is -2.39. The van der Waals surface area contributed by atoms with Crippen LogP contribution in [0.15, 0.2) is 157 Å². The Bertz CT molecular complexity index is 2180. The third-order valence-corrected chi connectivity index (χ3v) is 10.4. The normalized spacial score (nSPS) is 21.9. The first kappa shape index (κ1) is 26.3. The number of rotatable bonds is 4. The van der Waals surface area contributed by atoms with Gasteiger partial charge in [-0.1, -0.05) is 115 Å². The van der Waals surface area contributed by atoms with Gasteiger partial charge in [0.25, 0.3) is 0 Å². The van der Waals surface area contributed by atoms with E-state index in [1.807, 2.05) is 0 Å². The van der Waals surface area contributed by atoms with E-state index in [9.17, 15) is 0 Å². The van der Waals surface area contributed by atoms with Gasteiger partial charge < -0.3 is 9.47 Å². The minimum absolute atomic E-state index is 0.225. The Morgan fingerprint density at radius 1 is 0.667 bits per heavy atom. The highest BCUT2D eigenvalue weighted by atomic mass is 15.2. The van der Waals surface area contributed by atoms with E-state index in [2.05, 4.69) is 162 Å². The fourth-order valence-corrected chi connectivity index (χ4v) is 8.25. The Morgan fingerprint density at radius 2 is 1.47 bits per heavy atom. The first-order valence-corrected chi connectivity index (χ1v) is 16.3. The largest absolute Gasteiger partial charge is 0.329 e. The van der Waals surface area contributed by atoms with Crippen LogP contribution >= 0.6 is 0 Å². The van der Waals surface area contributed by atoms with Crippen molar-refractivity contribution in [2.45, 2.75) is 44.1 Å². The Morgan fingerprint density at radius 3 is 2.31 bits per heavy atom. The molecule has 1 aliphatic heterocycles. The van der Waals surface area contributed by atoms with Crippen molar-refractivity contribution in [1.29, 1.82) is 0 Å². The Balaban J connectivity index is 1.26. The smallest absolute Gasteiger partial charge is 0.0782 e. The molecule has 0 radical (unpaired) electrons. The van der Waals surface area contributed by atoms with Crippen LogP contribution in [0, 0.1) is 0 Å². The van der Waals surface area contributed by atoms with E-state index in [-0.39, 0.29) is 11.5 Å². The second kappa shape index (κ2) is 10.2. The lowest BCUT2D eigenvalue weighted by Crippen LogP contribution is -2.42. The standard InChI is InChI=1S/C43H36N2/c1-43-28-11-10-20-39(43)38-27-26-37-36-19-8-9-21-40(36)44(34-16-6-3-7-17-34)41(37)42(38)45(43)35-18-12-15-33(29-35)32-24-22-31(23-25-32)30-13-4-2-5-14-30/h2-4,6-13,15-22,24,26-29,39H,5,14,23,25H2,1H3. The summed E-state index contributed by atoms with van der Waals surface area (Å²) in [6, 6.07) is 33.8. The maximum atomic E-state index is 2.64. The highest BCUT2D eigenvalue weighted by Gasteiger charge is 2.48. The summed E-state index contributed by atoms with van der Waals surface area (Å²) in [6.45, 7) is 2.41. The molecular formula is C43H36N2. The minimum atomic E-state index is -0.225. The topological polar surface area (TPSA) is 8.17 Å². The van der Waals surface area contributed by atoms with Crippen molar-refractivity contribution in [3.8, 4) is 5.69 Å². The molecule has 2 nitrogen and oxygen atoms in total. The summed E-state index contributed by atoms with van der Waals surface area (Å²) in [4.78, 5) is 2.64. The molecule has 3 aliphatic carbocycles. The van der Waals surface area contributed by atoms with E-state index < -0.39 is 0 Å². The number of anilines is 2. The monoisotopic (exact) mass is 580 g/mol. The van der Waals surface area contributed by atoms with Crippen LogP contribution in [-0.2, 0) is 0 Å². The molecule has 0 fully saturated rings. The van der Waals surface area contributed by atoms with E-state index >= 15 is 0 Å². The SMILES string of the molecule is CC12C=CC=CC1c1ccc3c4ccccc4n(-c4ccccc4)c3c1N2c1cccc(C2=CC=C(C3=CC=CCC3)CC2)c1. The molecule has 0 saturated carbocycles. The van der Waals surface area contributed by atoms with Crippen molar-refractivity contribution in [3.63, 3.8) is 0 Å². The molecule has 0 bridgehead atoms. The fraction of sp³-hybridized carbons (Fsp3) is 0.163. The van der Waals surface area contributed by atoms with Gasteiger partial charge in [0.1, 0.15) is 0 Å². The van der Waals surface area contributed by atoms with Gasteiger partial charge in [0.05, 0.1) is 22.3 Å². The number of hydrogen-bond donors (Lipinski definition) is 0. The molecule has 9 rings (SSSR count). The molecule has 0 spiro atoms.